The summed E-state index contributed by atoms with van der Waals surface area (Å²) in [4.78, 5) is 169. The van der Waals surface area contributed by atoms with Crippen LogP contribution in [0.3, 0.4) is 0 Å². The van der Waals surface area contributed by atoms with Gasteiger partial charge >= 0.3 is 29.8 Å². The van der Waals surface area contributed by atoms with Gasteiger partial charge in [0.15, 0.2) is 17.1 Å². The van der Waals surface area contributed by atoms with Crippen LogP contribution in [0.1, 0.15) is 67.4 Å². The summed E-state index contributed by atoms with van der Waals surface area (Å²) in [5.41, 5.74) is 16.4. The molecule has 2 heterocycles. The Morgan fingerprint density at radius 3 is 1.70 bits per heavy atom. The maximum Gasteiger partial charge on any atom is 0.327 e. The topological polar surface area (TPSA) is 535 Å². The number of nitrogens with zero attached hydrogens (tertiary/aromatic N) is 4. The van der Waals surface area contributed by atoms with Crippen molar-refractivity contribution >= 4 is 94.0 Å². The van der Waals surface area contributed by atoms with Crippen molar-refractivity contribution in [3.05, 3.63) is 52.1 Å². The first kappa shape index (κ1) is 58.4. The van der Waals surface area contributed by atoms with E-state index < -0.39 is 152 Å². The van der Waals surface area contributed by atoms with Crippen LogP contribution in [-0.4, -0.2) is 160 Å². The minimum Gasteiger partial charge on any atom is -0.481 e. The van der Waals surface area contributed by atoms with Gasteiger partial charge in [0.05, 0.1) is 37.7 Å². The number of hydrogen-bond acceptors (Lipinski definition) is 18. The SMILES string of the molecule is C#CCC(NC(=O)C(CC(=O)O)NC(=O)C(CC(=O)O)NC(=O)C(CCCN=C(N)N)NC(=O)C(CC(=O)O)NC(=O)CCC(NC(=O)c1ccc(NCc2cnc3nc(N)[nH]c(=O)c3n2)cc1)C(=O)O)C(=O)O. The van der Waals surface area contributed by atoms with Gasteiger partial charge in [0.1, 0.15) is 36.3 Å². The molecule has 0 radical (unpaired) electrons. The molecular weight excluding hydrogens is 987 g/mol. The van der Waals surface area contributed by atoms with Gasteiger partial charge in [-0.3, -0.25) is 57.9 Å². The van der Waals surface area contributed by atoms with Crippen molar-refractivity contribution < 1.29 is 78.3 Å². The van der Waals surface area contributed by atoms with Gasteiger partial charge in [0, 0.05) is 30.6 Å². The predicted molar refractivity (Wildman–Crippen MR) is 252 cm³/mol. The van der Waals surface area contributed by atoms with Gasteiger partial charge < -0.3 is 80.0 Å². The van der Waals surface area contributed by atoms with Crippen LogP contribution in [0.2, 0.25) is 0 Å². The van der Waals surface area contributed by atoms with Crippen molar-refractivity contribution in [2.75, 3.05) is 17.6 Å². The molecule has 0 aliphatic rings. The largest absolute Gasteiger partial charge is 0.481 e. The number of aliphatic carboxylic acids is 5. The molecule has 32 heteroatoms. The molecule has 0 saturated carbocycles. The summed E-state index contributed by atoms with van der Waals surface area (Å²) in [7, 11) is 0. The molecule has 6 unspecified atom stereocenters. The number of aromatic nitrogens is 4. The number of amides is 6. The molecule has 0 aliphatic heterocycles. The van der Waals surface area contributed by atoms with Crippen molar-refractivity contribution in [2.24, 2.45) is 16.5 Å². The lowest BCUT2D eigenvalue weighted by molar-refractivity contribution is -0.145. The third-order valence-corrected chi connectivity index (χ3v) is 9.94. The van der Waals surface area contributed by atoms with Crippen molar-refractivity contribution in [1.29, 1.82) is 0 Å². The summed E-state index contributed by atoms with van der Waals surface area (Å²) < 4.78 is 0. The summed E-state index contributed by atoms with van der Waals surface area (Å²) in [6.07, 6.45) is 0.603. The molecule has 0 aliphatic carbocycles. The number of rotatable bonds is 30. The number of fused-ring (bicyclic) bond motifs is 1. The average Bonchev–Trinajstić information content (AvgIpc) is 3.31. The van der Waals surface area contributed by atoms with Crippen LogP contribution in [0.25, 0.3) is 11.2 Å². The minimum atomic E-state index is -2.12. The summed E-state index contributed by atoms with van der Waals surface area (Å²) in [5.74, 6) is -14.2. The van der Waals surface area contributed by atoms with Crippen molar-refractivity contribution in [2.45, 2.75) is 94.2 Å². The van der Waals surface area contributed by atoms with Crippen molar-refractivity contribution in [3.8, 4) is 12.3 Å². The van der Waals surface area contributed by atoms with Gasteiger partial charge in [-0.25, -0.2) is 19.6 Å². The zero-order valence-corrected chi connectivity index (χ0v) is 38.7. The maximum absolute atomic E-state index is 13.7. The summed E-state index contributed by atoms with van der Waals surface area (Å²) >= 11 is 0. The molecule has 19 N–H and O–H groups in total. The second kappa shape index (κ2) is 28.0. The van der Waals surface area contributed by atoms with Crippen LogP contribution in [-0.2, 0) is 54.5 Å². The number of carbonyl (C=O) groups is 11. The average molecular weight is 1040 g/mol. The molecule has 6 amide bonds. The summed E-state index contributed by atoms with van der Waals surface area (Å²) in [6.45, 7) is -0.0897. The smallest absolute Gasteiger partial charge is 0.327 e. The number of terminal acetylenes is 1. The monoisotopic (exact) mass is 1040 g/mol. The lowest BCUT2D eigenvalue weighted by Crippen LogP contribution is -2.59. The first-order valence-corrected chi connectivity index (χ1v) is 21.6. The second-order valence-electron chi connectivity index (χ2n) is 15.7. The number of benzene rings is 1. The number of nitrogen functional groups attached to an aromatic ring is 1. The van der Waals surface area contributed by atoms with Crippen LogP contribution >= 0.6 is 0 Å². The van der Waals surface area contributed by atoms with E-state index in [1.165, 1.54) is 30.5 Å². The van der Waals surface area contributed by atoms with E-state index in [9.17, 15) is 83.1 Å². The third kappa shape index (κ3) is 19.4. The van der Waals surface area contributed by atoms with E-state index in [4.69, 9.17) is 23.6 Å². The molecular formula is C42H51N15O17. The Labute approximate surface area is 416 Å². The first-order chi connectivity index (χ1) is 34.9. The normalized spacial score (nSPS) is 13.1. The lowest BCUT2D eigenvalue weighted by Gasteiger charge is -2.26. The number of aromatic amines is 1. The third-order valence-electron chi connectivity index (χ3n) is 9.94. The van der Waals surface area contributed by atoms with E-state index in [-0.39, 0.29) is 48.1 Å². The van der Waals surface area contributed by atoms with Gasteiger partial charge in [-0.15, -0.1) is 12.3 Å². The summed E-state index contributed by atoms with van der Waals surface area (Å²) in [5, 5.41) is 63.2. The van der Waals surface area contributed by atoms with Crippen LogP contribution in [0.4, 0.5) is 11.6 Å². The van der Waals surface area contributed by atoms with E-state index >= 15 is 0 Å². The highest BCUT2D eigenvalue weighted by molar-refractivity contribution is 5.99. The fourth-order valence-electron chi connectivity index (χ4n) is 6.36. The van der Waals surface area contributed by atoms with Gasteiger partial charge in [-0.1, -0.05) is 0 Å². The molecule has 0 bridgehead atoms. The second-order valence-corrected chi connectivity index (χ2v) is 15.7. The number of nitrogens with one attached hydrogen (secondary N) is 8. The zero-order chi connectivity index (χ0) is 55.2. The van der Waals surface area contributed by atoms with E-state index in [0.717, 1.165) is 0 Å². The highest BCUT2D eigenvalue weighted by Crippen LogP contribution is 2.13. The highest BCUT2D eigenvalue weighted by atomic mass is 16.4. The molecule has 0 spiro atoms. The Morgan fingerprint density at radius 2 is 1.19 bits per heavy atom. The number of hydrogen-bond donors (Lipinski definition) is 16. The molecule has 74 heavy (non-hydrogen) atoms. The first-order valence-electron chi connectivity index (χ1n) is 21.6. The summed E-state index contributed by atoms with van der Waals surface area (Å²) in [6, 6.07) is -5.70. The van der Waals surface area contributed by atoms with E-state index in [2.05, 4.69) is 46.2 Å². The Morgan fingerprint density at radius 1 is 0.676 bits per heavy atom. The van der Waals surface area contributed by atoms with Crippen LogP contribution in [0.15, 0.2) is 40.2 Å². The van der Waals surface area contributed by atoms with Crippen LogP contribution in [0.5, 0.6) is 0 Å². The molecule has 0 fully saturated rings. The van der Waals surface area contributed by atoms with E-state index in [1.54, 1.807) is 0 Å². The zero-order valence-electron chi connectivity index (χ0n) is 38.7. The predicted octanol–water partition coefficient (Wildman–Crippen LogP) is -5.12. The lowest BCUT2D eigenvalue weighted by atomic mass is 10.1. The number of anilines is 2. The number of aliphatic imine (C=N–C) groups is 1. The van der Waals surface area contributed by atoms with Gasteiger partial charge in [0.2, 0.25) is 35.5 Å². The molecule has 0 saturated heterocycles. The quantitative estimate of drug-likeness (QED) is 0.0128. The van der Waals surface area contributed by atoms with Gasteiger partial charge in [-0.2, -0.15) is 4.98 Å². The number of nitrogens with two attached hydrogens (primary N) is 3. The fourth-order valence-corrected chi connectivity index (χ4v) is 6.36. The molecule has 2 aromatic heterocycles. The molecule has 3 rings (SSSR count). The molecule has 1 aromatic carbocycles. The Hall–Kier alpha value is -9.96. The standard InChI is InChI=1S/C42H51N15O17/c1-2-4-22(39(71)72)53-36(68)25(14-29(61)62)55-37(69)26(15-30(63)64)54-34(66)21(5-3-12-46-41(43)44)51-35(67)24(13-28(59)60)50-27(58)11-10-23(40(73)74)52-33(65)18-6-8-19(9-7-18)47-16-20-17-48-32-31(49-20)38(70)57-42(45)56-32/h1,6-9,17,21-26,47H,3-5,10-16H2,(H,50,58)(H,51,67)(H,52,65)(H,53,68)(H,54,66)(H,55,69)(H,59,60)(H,61,62)(H,63,64)(H,71,72)(H,73,74)(H4,43,44,46)(H3,45,48,56,57,70). The van der Waals surface area contributed by atoms with Crippen molar-refractivity contribution in [3.63, 3.8) is 0 Å². The minimum absolute atomic E-state index is 0.00518. The fraction of sp³-hybridized carbons (Fsp3) is 0.381. The van der Waals surface area contributed by atoms with E-state index in [1.807, 2.05) is 21.9 Å². The van der Waals surface area contributed by atoms with Gasteiger partial charge in [-0.05, 0) is 43.5 Å². The Kier molecular flexibility index (Phi) is 22.1. The molecule has 6 atom stereocenters. The number of carboxylic acids is 5. The Balaban J connectivity index is 1.71. The number of carbonyl (C=O) groups excluding carboxylic acids is 6. The van der Waals surface area contributed by atoms with E-state index in [0.29, 0.717) is 11.4 Å². The number of guanidine groups is 1. The van der Waals surface area contributed by atoms with Gasteiger partial charge in [0.25, 0.3) is 11.5 Å². The molecule has 3 aromatic rings. The molecule has 396 valence electrons. The molecule has 32 nitrogen and oxygen atoms in total. The number of H-pyrrole nitrogens is 1. The van der Waals surface area contributed by atoms with Crippen LogP contribution in [0, 0.1) is 12.3 Å². The van der Waals surface area contributed by atoms with Crippen LogP contribution < -0.4 is 60.0 Å². The van der Waals surface area contributed by atoms with Crippen molar-refractivity contribution in [1.82, 2.24) is 51.8 Å². The number of carboxylic acid groups (broad SMARTS) is 5. The Bertz CT molecular complexity index is 2760. The highest BCUT2D eigenvalue weighted by Gasteiger charge is 2.35. The maximum atomic E-state index is 13.7.